The molecule has 0 saturated heterocycles. The number of rotatable bonds is 6. The molecule has 0 aliphatic heterocycles. The van der Waals surface area contributed by atoms with Gasteiger partial charge in [-0.25, -0.2) is 9.67 Å². The number of benzene rings is 1. The third kappa shape index (κ3) is 4.89. The molecule has 2 N–H and O–H groups in total. The number of nitrogens with zero attached hydrogens (tertiary/aromatic N) is 4. The first-order chi connectivity index (χ1) is 16.1. The van der Waals surface area contributed by atoms with Gasteiger partial charge in [0.25, 0.3) is 11.8 Å². The van der Waals surface area contributed by atoms with E-state index in [9.17, 15) is 14.9 Å². The minimum absolute atomic E-state index is 0.0818. The first kappa shape index (κ1) is 24.4. The molecule has 174 valence electrons. The van der Waals surface area contributed by atoms with Gasteiger partial charge >= 0.3 is 0 Å². The number of hydrogen-bond donors (Lipinski definition) is 2. The summed E-state index contributed by atoms with van der Waals surface area (Å²) in [5.74, 6) is -0.632. The fraction of sp³-hybridized carbons (Fsp3) is 0.261. The quantitative estimate of drug-likeness (QED) is 0.375. The Morgan fingerprint density at radius 3 is 2.65 bits per heavy atom. The number of pyridine rings is 1. The standard InChI is InChI=1S/C23H19Cl2IN6O2/c1-12-8-14(26)9-15(21(33)30-23(2,11-27)13-5-6-13)19(12)29-22(34)17-10-18(25)31-32(17)20-16(24)4-3-7-28-20/h3-4,7-10,13H,5-6H2,1-2H3,(H,29,34)(H,30,33). The van der Waals surface area contributed by atoms with E-state index in [1.165, 1.54) is 16.9 Å². The van der Waals surface area contributed by atoms with Crippen molar-refractivity contribution in [2.24, 2.45) is 5.92 Å². The van der Waals surface area contributed by atoms with E-state index >= 15 is 0 Å². The predicted molar refractivity (Wildman–Crippen MR) is 137 cm³/mol. The van der Waals surface area contributed by atoms with Crippen LogP contribution >= 0.6 is 45.8 Å². The minimum Gasteiger partial charge on any atom is -0.334 e. The van der Waals surface area contributed by atoms with E-state index in [-0.39, 0.29) is 33.2 Å². The molecule has 11 heteroatoms. The smallest absolute Gasteiger partial charge is 0.274 e. The summed E-state index contributed by atoms with van der Waals surface area (Å²) < 4.78 is 2.07. The third-order valence-corrected chi connectivity index (χ3v) is 6.74. The summed E-state index contributed by atoms with van der Waals surface area (Å²) in [5.41, 5.74) is 0.385. The largest absolute Gasteiger partial charge is 0.334 e. The Morgan fingerprint density at radius 2 is 2.00 bits per heavy atom. The zero-order valence-electron chi connectivity index (χ0n) is 18.2. The number of nitrogens with one attached hydrogen (secondary N) is 2. The molecular weight excluding hydrogens is 590 g/mol. The van der Waals surface area contributed by atoms with Gasteiger partial charge in [-0.05, 0) is 85.0 Å². The highest BCUT2D eigenvalue weighted by molar-refractivity contribution is 14.1. The van der Waals surface area contributed by atoms with Crippen molar-refractivity contribution in [1.29, 1.82) is 5.26 Å². The fourth-order valence-corrected chi connectivity index (χ4v) is 4.82. The lowest BCUT2D eigenvalue weighted by atomic mass is 9.96. The van der Waals surface area contributed by atoms with Crippen LogP contribution < -0.4 is 10.6 Å². The summed E-state index contributed by atoms with van der Waals surface area (Å²) in [5, 5.41) is 19.8. The summed E-state index contributed by atoms with van der Waals surface area (Å²) in [6.45, 7) is 3.51. The van der Waals surface area contributed by atoms with Crippen LogP contribution in [0.1, 0.15) is 46.2 Å². The zero-order chi connectivity index (χ0) is 24.6. The molecular formula is C23H19Cl2IN6O2. The predicted octanol–water partition coefficient (Wildman–Crippen LogP) is 5.16. The van der Waals surface area contributed by atoms with E-state index in [0.29, 0.717) is 11.3 Å². The second kappa shape index (κ2) is 9.52. The number of aromatic nitrogens is 3. The van der Waals surface area contributed by atoms with Crippen LogP contribution in [0.4, 0.5) is 5.69 Å². The highest BCUT2D eigenvalue weighted by Crippen LogP contribution is 2.39. The topological polar surface area (TPSA) is 113 Å². The third-order valence-electron chi connectivity index (χ3n) is 5.63. The second-order valence-electron chi connectivity index (χ2n) is 8.21. The van der Waals surface area contributed by atoms with Gasteiger partial charge in [0.1, 0.15) is 11.2 Å². The van der Waals surface area contributed by atoms with Crippen LogP contribution in [0, 0.1) is 27.7 Å². The molecule has 0 spiro atoms. The molecule has 1 saturated carbocycles. The molecule has 0 bridgehead atoms. The average molecular weight is 609 g/mol. The number of carbonyl (C=O) groups excluding carboxylic acids is 2. The maximum absolute atomic E-state index is 13.3. The summed E-state index contributed by atoms with van der Waals surface area (Å²) in [7, 11) is 0. The van der Waals surface area contributed by atoms with Crippen molar-refractivity contribution in [3.63, 3.8) is 0 Å². The first-order valence-corrected chi connectivity index (χ1v) is 12.2. The van der Waals surface area contributed by atoms with Crippen molar-refractivity contribution in [3.8, 4) is 11.9 Å². The van der Waals surface area contributed by atoms with Crippen molar-refractivity contribution >= 4 is 63.3 Å². The Labute approximate surface area is 219 Å². The van der Waals surface area contributed by atoms with Gasteiger partial charge in [-0.1, -0.05) is 23.2 Å². The van der Waals surface area contributed by atoms with Crippen LogP contribution in [-0.4, -0.2) is 32.1 Å². The van der Waals surface area contributed by atoms with Crippen LogP contribution in [0.15, 0.2) is 36.5 Å². The van der Waals surface area contributed by atoms with Crippen LogP contribution in [0.3, 0.4) is 0 Å². The Bertz CT molecular complexity index is 1350. The number of carbonyl (C=O) groups is 2. The molecule has 1 atom stereocenters. The normalized spacial score (nSPS) is 14.7. The number of nitriles is 1. The highest BCUT2D eigenvalue weighted by atomic mass is 127. The Hall–Kier alpha value is -2.68. The summed E-state index contributed by atoms with van der Waals surface area (Å²) in [6, 6.07) is 10.4. The van der Waals surface area contributed by atoms with Crippen molar-refractivity contribution in [3.05, 3.63) is 67.1 Å². The molecule has 1 aromatic carbocycles. The molecule has 34 heavy (non-hydrogen) atoms. The molecule has 1 unspecified atom stereocenters. The molecule has 8 nitrogen and oxygen atoms in total. The molecule has 1 aliphatic carbocycles. The van der Waals surface area contributed by atoms with Crippen molar-refractivity contribution < 1.29 is 9.59 Å². The molecule has 1 aliphatic rings. The molecule has 2 aromatic heterocycles. The van der Waals surface area contributed by atoms with E-state index in [2.05, 4.69) is 49.4 Å². The number of anilines is 1. The fourth-order valence-electron chi connectivity index (χ4n) is 3.66. The summed E-state index contributed by atoms with van der Waals surface area (Å²) in [6.07, 6.45) is 3.30. The van der Waals surface area contributed by atoms with Crippen LogP contribution in [-0.2, 0) is 0 Å². The van der Waals surface area contributed by atoms with E-state index in [4.69, 9.17) is 23.2 Å². The van der Waals surface area contributed by atoms with Gasteiger partial charge in [0.2, 0.25) is 0 Å². The molecule has 2 amide bonds. The Balaban J connectivity index is 1.69. The minimum atomic E-state index is -0.977. The van der Waals surface area contributed by atoms with E-state index in [1.54, 1.807) is 32.0 Å². The van der Waals surface area contributed by atoms with Gasteiger partial charge in [-0.2, -0.15) is 10.4 Å². The maximum Gasteiger partial charge on any atom is 0.274 e. The maximum atomic E-state index is 13.3. The number of halogens is 3. The van der Waals surface area contributed by atoms with Gasteiger partial charge in [0, 0.05) is 15.8 Å². The number of hydrogen-bond acceptors (Lipinski definition) is 5. The second-order valence-corrected chi connectivity index (χ2v) is 10.3. The summed E-state index contributed by atoms with van der Waals surface area (Å²) in [4.78, 5) is 30.8. The number of amides is 2. The molecule has 0 radical (unpaired) electrons. The summed E-state index contributed by atoms with van der Waals surface area (Å²) >= 11 is 14.4. The lowest BCUT2D eigenvalue weighted by Gasteiger charge is -2.24. The van der Waals surface area contributed by atoms with Crippen LogP contribution in [0.25, 0.3) is 5.82 Å². The van der Waals surface area contributed by atoms with Crippen LogP contribution in [0.2, 0.25) is 10.2 Å². The lowest BCUT2D eigenvalue weighted by Crippen LogP contribution is -2.47. The van der Waals surface area contributed by atoms with Gasteiger partial charge in [0.15, 0.2) is 11.0 Å². The van der Waals surface area contributed by atoms with Crippen LogP contribution in [0.5, 0.6) is 0 Å². The Kier molecular flexibility index (Phi) is 6.85. The van der Waals surface area contributed by atoms with Gasteiger partial charge in [-0.15, -0.1) is 0 Å². The molecule has 4 rings (SSSR count). The Morgan fingerprint density at radius 1 is 1.26 bits per heavy atom. The van der Waals surface area contributed by atoms with E-state index < -0.39 is 17.4 Å². The molecule has 3 aromatic rings. The van der Waals surface area contributed by atoms with E-state index in [1.807, 2.05) is 6.07 Å². The van der Waals surface area contributed by atoms with Gasteiger partial charge < -0.3 is 10.6 Å². The SMILES string of the molecule is Cc1cc(I)cc(C(=O)NC(C)(C#N)C2CC2)c1NC(=O)c1cc(Cl)nn1-c1ncccc1Cl. The van der Waals surface area contributed by atoms with Gasteiger partial charge in [-0.3, -0.25) is 9.59 Å². The lowest BCUT2D eigenvalue weighted by molar-refractivity contribution is 0.0918. The highest BCUT2D eigenvalue weighted by Gasteiger charge is 2.43. The van der Waals surface area contributed by atoms with Crippen molar-refractivity contribution in [1.82, 2.24) is 20.1 Å². The zero-order valence-corrected chi connectivity index (χ0v) is 21.9. The first-order valence-electron chi connectivity index (χ1n) is 10.3. The molecule has 2 heterocycles. The van der Waals surface area contributed by atoms with E-state index in [0.717, 1.165) is 16.4 Å². The van der Waals surface area contributed by atoms with Gasteiger partial charge in [0.05, 0.1) is 22.3 Å². The number of aryl methyl sites for hydroxylation is 1. The van der Waals surface area contributed by atoms with Crippen molar-refractivity contribution in [2.75, 3.05) is 5.32 Å². The molecule has 1 fully saturated rings. The average Bonchev–Trinajstić information content (AvgIpc) is 3.58. The monoisotopic (exact) mass is 608 g/mol. The van der Waals surface area contributed by atoms with Crippen molar-refractivity contribution in [2.45, 2.75) is 32.2 Å².